The van der Waals surface area contributed by atoms with Crippen LogP contribution in [0.15, 0.2) is 58.6 Å². The standard InChI is InChI=1S/C21H21N3O4/c1-3-24(12-18-22-15-9-5-4-8-14(15)20(25)23-18)21(26)19-13(2)27-16-10-6-7-11-17(16)28-19/h4-11,13-14,19H,3,12H2,1-2H3. The Morgan fingerprint density at radius 2 is 1.89 bits per heavy atom. The molecule has 144 valence electrons. The van der Waals surface area contributed by atoms with E-state index in [1.807, 2.05) is 37.3 Å². The van der Waals surface area contributed by atoms with E-state index in [0.717, 1.165) is 0 Å². The molecule has 0 fully saturated rings. The summed E-state index contributed by atoms with van der Waals surface area (Å²) in [5.74, 6) is 0.591. The number of benzene rings is 1. The van der Waals surface area contributed by atoms with Crippen molar-refractivity contribution in [2.75, 3.05) is 13.1 Å². The van der Waals surface area contributed by atoms with Crippen LogP contribution in [-0.2, 0) is 9.59 Å². The Bertz CT molecular complexity index is 931. The highest BCUT2D eigenvalue weighted by molar-refractivity contribution is 6.21. The number of nitrogens with zero attached hydrogens (tertiary/aromatic N) is 3. The molecule has 0 aromatic heterocycles. The third-order valence-electron chi connectivity index (χ3n) is 4.88. The molecule has 2 heterocycles. The normalized spacial score (nSPS) is 24.9. The van der Waals surface area contributed by atoms with Crippen molar-refractivity contribution in [3.8, 4) is 11.5 Å². The molecule has 7 heteroatoms. The summed E-state index contributed by atoms with van der Waals surface area (Å²) in [7, 11) is 0. The van der Waals surface area contributed by atoms with Gasteiger partial charge in [-0.3, -0.25) is 9.59 Å². The lowest BCUT2D eigenvalue weighted by atomic mass is 9.96. The van der Waals surface area contributed by atoms with E-state index >= 15 is 0 Å². The molecule has 3 atom stereocenters. The molecule has 1 aromatic rings. The zero-order valence-electron chi connectivity index (χ0n) is 15.7. The Morgan fingerprint density at radius 3 is 2.64 bits per heavy atom. The Labute approximate surface area is 163 Å². The maximum absolute atomic E-state index is 13.1. The van der Waals surface area contributed by atoms with Crippen molar-refractivity contribution >= 4 is 23.4 Å². The van der Waals surface area contributed by atoms with Crippen LogP contribution in [0.5, 0.6) is 11.5 Å². The summed E-state index contributed by atoms with van der Waals surface area (Å²) >= 11 is 0. The van der Waals surface area contributed by atoms with Crippen molar-refractivity contribution in [2.45, 2.75) is 26.1 Å². The van der Waals surface area contributed by atoms with Crippen molar-refractivity contribution in [1.29, 1.82) is 0 Å². The third kappa shape index (κ3) is 3.35. The molecule has 2 amide bonds. The van der Waals surface area contributed by atoms with Crippen LogP contribution in [0.1, 0.15) is 13.8 Å². The van der Waals surface area contributed by atoms with E-state index in [2.05, 4.69) is 9.98 Å². The quantitative estimate of drug-likeness (QED) is 0.803. The maximum Gasteiger partial charge on any atom is 0.267 e. The van der Waals surface area contributed by atoms with Crippen LogP contribution in [0.4, 0.5) is 0 Å². The highest BCUT2D eigenvalue weighted by Crippen LogP contribution is 2.34. The Morgan fingerprint density at radius 1 is 1.14 bits per heavy atom. The van der Waals surface area contributed by atoms with Crippen LogP contribution in [0, 0.1) is 5.92 Å². The molecule has 0 bridgehead atoms. The Kier molecular flexibility index (Phi) is 4.81. The molecule has 3 aliphatic rings. The molecule has 2 aliphatic heterocycles. The topological polar surface area (TPSA) is 80.6 Å². The minimum absolute atomic E-state index is 0.142. The van der Waals surface area contributed by atoms with Gasteiger partial charge in [0, 0.05) is 6.54 Å². The fourth-order valence-corrected chi connectivity index (χ4v) is 3.38. The SMILES string of the molecule is CCN(CC1=NC(=O)C2C=CC=CC2=N1)C(=O)C1Oc2ccccc2OC1C. The number of aliphatic imine (C=N–C) groups is 2. The third-order valence-corrected chi connectivity index (χ3v) is 4.88. The molecule has 4 rings (SSSR count). The fraction of sp³-hybridized carbons (Fsp3) is 0.333. The van der Waals surface area contributed by atoms with E-state index in [1.54, 1.807) is 30.0 Å². The van der Waals surface area contributed by atoms with Crippen molar-refractivity contribution in [3.05, 3.63) is 48.6 Å². The predicted octanol–water partition coefficient (Wildman–Crippen LogP) is 2.19. The highest BCUT2D eigenvalue weighted by atomic mass is 16.6. The molecule has 0 saturated heterocycles. The van der Waals surface area contributed by atoms with Crippen molar-refractivity contribution in [3.63, 3.8) is 0 Å². The van der Waals surface area contributed by atoms with Crippen LogP contribution >= 0.6 is 0 Å². The van der Waals surface area contributed by atoms with Gasteiger partial charge >= 0.3 is 0 Å². The summed E-state index contributed by atoms with van der Waals surface area (Å²) in [6.45, 7) is 4.25. The predicted molar refractivity (Wildman–Crippen MR) is 105 cm³/mol. The lowest BCUT2D eigenvalue weighted by Crippen LogP contribution is -2.51. The minimum atomic E-state index is -0.771. The Hall–Kier alpha value is -3.22. The van der Waals surface area contributed by atoms with Crippen LogP contribution < -0.4 is 9.47 Å². The van der Waals surface area contributed by atoms with Crippen molar-refractivity contribution in [1.82, 2.24) is 4.90 Å². The number of hydrogen-bond acceptors (Lipinski definition) is 5. The second-order valence-electron chi connectivity index (χ2n) is 6.79. The molecule has 0 saturated carbocycles. The molecule has 28 heavy (non-hydrogen) atoms. The number of fused-ring (bicyclic) bond motifs is 2. The van der Waals surface area contributed by atoms with Crippen molar-refractivity contribution in [2.24, 2.45) is 15.9 Å². The minimum Gasteiger partial charge on any atom is -0.482 e. The number of carbonyl (C=O) groups excluding carboxylic acids is 2. The van der Waals surface area contributed by atoms with Gasteiger partial charge in [0.15, 0.2) is 17.3 Å². The smallest absolute Gasteiger partial charge is 0.267 e. The second-order valence-corrected chi connectivity index (χ2v) is 6.79. The first-order chi connectivity index (χ1) is 13.6. The van der Waals surface area contributed by atoms with E-state index in [-0.39, 0.29) is 18.4 Å². The average Bonchev–Trinajstić information content (AvgIpc) is 2.71. The van der Waals surface area contributed by atoms with Gasteiger partial charge in [0.05, 0.1) is 12.3 Å². The van der Waals surface area contributed by atoms with E-state index in [1.165, 1.54) is 0 Å². The van der Waals surface area contributed by atoms with Crippen LogP contribution in [0.3, 0.4) is 0 Å². The van der Waals surface area contributed by atoms with Gasteiger partial charge in [-0.15, -0.1) is 0 Å². The molecule has 0 spiro atoms. The lowest BCUT2D eigenvalue weighted by Gasteiger charge is -2.34. The number of allylic oxidation sites excluding steroid dienone is 3. The molecular formula is C21H21N3O4. The number of amidine groups is 1. The maximum atomic E-state index is 13.1. The zero-order chi connectivity index (χ0) is 19.7. The first kappa shape index (κ1) is 18.2. The average molecular weight is 379 g/mol. The highest BCUT2D eigenvalue weighted by Gasteiger charge is 2.37. The number of para-hydroxylation sites is 2. The first-order valence-corrected chi connectivity index (χ1v) is 9.33. The molecule has 0 N–H and O–H groups in total. The van der Waals surface area contributed by atoms with Crippen LogP contribution in [0.25, 0.3) is 0 Å². The molecule has 0 radical (unpaired) electrons. The number of rotatable bonds is 4. The summed E-state index contributed by atoms with van der Waals surface area (Å²) in [5.41, 5.74) is 0.653. The summed E-state index contributed by atoms with van der Waals surface area (Å²) < 4.78 is 11.7. The second kappa shape index (κ2) is 7.42. The largest absolute Gasteiger partial charge is 0.482 e. The summed E-state index contributed by atoms with van der Waals surface area (Å²) in [6, 6.07) is 7.27. The summed E-state index contributed by atoms with van der Waals surface area (Å²) in [5, 5.41) is 0. The zero-order valence-corrected chi connectivity index (χ0v) is 15.7. The number of carbonyl (C=O) groups is 2. The van der Waals surface area contributed by atoms with Gasteiger partial charge < -0.3 is 14.4 Å². The van der Waals surface area contributed by atoms with Gasteiger partial charge in [-0.2, -0.15) is 4.99 Å². The van der Waals surface area contributed by atoms with Gasteiger partial charge in [-0.05, 0) is 32.1 Å². The van der Waals surface area contributed by atoms with Gasteiger partial charge in [-0.1, -0.05) is 30.4 Å². The first-order valence-electron chi connectivity index (χ1n) is 9.33. The van der Waals surface area contributed by atoms with Crippen LogP contribution in [-0.4, -0.2) is 53.6 Å². The fourth-order valence-electron chi connectivity index (χ4n) is 3.38. The van der Waals surface area contributed by atoms with Gasteiger partial charge in [0.2, 0.25) is 6.10 Å². The van der Waals surface area contributed by atoms with E-state index < -0.39 is 18.1 Å². The van der Waals surface area contributed by atoms with E-state index in [9.17, 15) is 9.59 Å². The number of likely N-dealkylation sites (N-methyl/N-ethyl adjacent to an activating group) is 1. The molecule has 1 aromatic carbocycles. The molecule has 7 nitrogen and oxygen atoms in total. The van der Waals surface area contributed by atoms with Gasteiger partial charge in [0.25, 0.3) is 11.8 Å². The number of amides is 2. The van der Waals surface area contributed by atoms with Crippen LogP contribution in [0.2, 0.25) is 0 Å². The lowest BCUT2D eigenvalue weighted by molar-refractivity contribution is -0.143. The summed E-state index contributed by atoms with van der Waals surface area (Å²) in [6.07, 6.45) is 6.01. The summed E-state index contributed by atoms with van der Waals surface area (Å²) in [4.78, 5) is 35.5. The monoisotopic (exact) mass is 379 g/mol. The van der Waals surface area contributed by atoms with E-state index in [0.29, 0.717) is 29.6 Å². The number of hydrogen-bond donors (Lipinski definition) is 0. The Balaban J connectivity index is 1.51. The molecule has 3 unspecified atom stereocenters. The molecular weight excluding hydrogens is 358 g/mol. The molecule has 1 aliphatic carbocycles. The number of ether oxygens (including phenoxy) is 2. The van der Waals surface area contributed by atoms with E-state index in [4.69, 9.17) is 9.47 Å². The van der Waals surface area contributed by atoms with Gasteiger partial charge in [-0.25, -0.2) is 4.99 Å². The van der Waals surface area contributed by atoms with Crippen molar-refractivity contribution < 1.29 is 19.1 Å². The van der Waals surface area contributed by atoms with Gasteiger partial charge in [0.1, 0.15) is 12.0 Å².